The van der Waals surface area contributed by atoms with E-state index < -0.39 is 5.91 Å². The fraction of sp³-hybridized carbons (Fsp3) is 0.176. The summed E-state index contributed by atoms with van der Waals surface area (Å²) in [5, 5.41) is 10.4. The van der Waals surface area contributed by atoms with Crippen molar-refractivity contribution in [1.29, 1.82) is 0 Å². The molecule has 0 aliphatic heterocycles. The van der Waals surface area contributed by atoms with Crippen LogP contribution in [0.3, 0.4) is 0 Å². The van der Waals surface area contributed by atoms with Crippen LogP contribution in [0.2, 0.25) is 0 Å². The number of ether oxygens (including phenoxy) is 1. The summed E-state index contributed by atoms with van der Waals surface area (Å²) < 4.78 is 6.32. The van der Waals surface area contributed by atoms with Gasteiger partial charge in [-0.25, -0.2) is 4.98 Å². The second-order valence-corrected chi connectivity index (χ2v) is 6.80. The molecule has 1 aliphatic carbocycles. The molecule has 1 aromatic carbocycles. The molecular formula is C17H15BrN6O2. The number of carbonyl (C=O) groups excluding carboxylic acids is 1. The second-order valence-electron chi connectivity index (χ2n) is 5.95. The van der Waals surface area contributed by atoms with Crippen LogP contribution in [-0.4, -0.2) is 26.1 Å². The maximum Gasteiger partial charge on any atom is 0.323 e. The van der Waals surface area contributed by atoms with Gasteiger partial charge in [0.25, 0.3) is 0 Å². The van der Waals surface area contributed by atoms with Gasteiger partial charge in [0.1, 0.15) is 5.75 Å². The van der Waals surface area contributed by atoms with E-state index in [1.165, 1.54) is 12.8 Å². The highest BCUT2D eigenvalue weighted by Gasteiger charge is 2.25. The zero-order chi connectivity index (χ0) is 18.1. The van der Waals surface area contributed by atoms with Crippen LogP contribution in [0.15, 0.2) is 41.0 Å². The standard InChI is InChI=1S/C17H15BrN6O2/c18-12-8-20-17(26-11-5-3-10(4-6-11)15(19)25)22-16(12)21-14-7-13(23-24-14)9-1-2-9/h3-9H,1-2H2,(H2,19,25)(H2,20,21,22,23,24). The highest BCUT2D eigenvalue weighted by molar-refractivity contribution is 9.10. The molecule has 2 aromatic heterocycles. The van der Waals surface area contributed by atoms with Gasteiger partial charge in [-0.3, -0.25) is 9.89 Å². The first-order chi connectivity index (χ1) is 12.6. The van der Waals surface area contributed by atoms with Crippen molar-refractivity contribution >= 4 is 33.5 Å². The van der Waals surface area contributed by atoms with E-state index in [1.807, 2.05) is 6.07 Å². The number of amides is 1. The lowest BCUT2D eigenvalue weighted by Gasteiger charge is -2.08. The number of primary amides is 1. The fourth-order valence-corrected chi connectivity index (χ4v) is 2.70. The quantitative estimate of drug-likeness (QED) is 0.567. The minimum Gasteiger partial charge on any atom is -0.424 e. The monoisotopic (exact) mass is 414 g/mol. The van der Waals surface area contributed by atoms with Crippen molar-refractivity contribution in [1.82, 2.24) is 20.2 Å². The molecule has 3 aromatic rings. The lowest BCUT2D eigenvalue weighted by molar-refractivity contribution is 0.100. The van der Waals surface area contributed by atoms with Crippen LogP contribution in [0.1, 0.15) is 34.8 Å². The number of anilines is 2. The lowest BCUT2D eigenvalue weighted by atomic mass is 10.2. The number of aromatic nitrogens is 4. The van der Waals surface area contributed by atoms with Gasteiger partial charge in [0, 0.05) is 23.2 Å². The first-order valence-corrected chi connectivity index (χ1v) is 8.80. The van der Waals surface area contributed by atoms with Gasteiger partial charge in [-0.05, 0) is 53.0 Å². The minimum absolute atomic E-state index is 0.167. The maximum atomic E-state index is 11.1. The summed E-state index contributed by atoms with van der Waals surface area (Å²) in [6.45, 7) is 0. The van der Waals surface area contributed by atoms with E-state index in [9.17, 15) is 4.79 Å². The first-order valence-electron chi connectivity index (χ1n) is 8.01. The van der Waals surface area contributed by atoms with Crippen LogP contribution in [-0.2, 0) is 0 Å². The number of aromatic amines is 1. The molecular weight excluding hydrogens is 400 g/mol. The Labute approximate surface area is 157 Å². The van der Waals surface area contributed by atoms with Crippen LogP contribution >= 0.6 is 15.9 Å². The maximum absolute atomic E-state index is 11.1. The molecule has 0 radical (unpaired) electrons. The van der Waals surface area contributed by atoms with Gasteiger partial charge in [0.15, 0.2) is 11.6 Å². The molecule has 4 N–H and O–H groups in total. The van der Waals surface area contributed by atoms with Crippen molar-refractivity contribution in [2.45, 2.75) is 18.8 Å². The summed E-state index contributed by atoms with van der Waals surface area (Å²) >= 11 is 3.41. The zero-order valence-electron chi connectivity index (χ0n) is 13.6. The van der Waals surface area contributed by atoms with Gasteiger partial charge in [0.05, 0.1) is 10.7 Å². The van der Waals surface area contributed by atoms with Crippen LogP contribution in [0.4, 0.5) is 11.6 Å². The summed E-state index contributed by atoms with van der Waals surface area (Å²) in [5.74, 6) is 1.82. The molecule has 26 heavy (non-hydrogen) atoms. The van der Waals surface area contributed by atoms with Gasteiger partial charge >= 0.3 is 6.01 Å². The number of halogens is 1. The molecule has 0 bridgehead atoms. The molecule has 2 heterocycles. The molecule has 8 nitrogen and oxygen atoms in total. The number of nitrogens with one attached hydrogen (secondary N) is 2. The number of rotatable bonds is 6. The highest BCUT2D eigenvalue weighted by atomic mass is 79.9. The van der Waals surface area contributed by atoms with Crippen molar-refractivity contribution < 1.29 is 9.53 Å². The Morgan fingerprint density at radius 2 is 2.08 bits per heavy atom. The van der Waals surface area contributed by atoms with Gasteiger partial charge in [-0.15, -0.1) is 0 Å². The summed E-state index contributed by atoms with van der Waals surface area (Å²) in [6.07, 6.45) is 3.99. The Kier molecular flexibility index (Phi) is 4.29. The third-order valence-electron chi connectivity index (χ3n) is 3.93. The zero-order valence-corrected chi connectivity index (χ0v) is 15.2. The van der Waals surface area contributed by atoms with Crippen LogP contribution in [0.5, 0.6) is 11.8 Å². The largest absolute Gasteiger partial charge is 0.424 e. The third-order valence-corrected chi connectivity index (χ3v) is 4.51. The first kappa shape index (κ1) is 16.5. The topological polar surface area (TPSA) is 119 Å². The van der Waals surface area contributed by atoms with Gasteiger partial charge in [-0.1, -0.05) is 0 Å². The number of nitrogens with zero attached hydrogens (tertiary/aromatic N) is 3. The average Bonchev–Trinajstić information content (AvgIpc) is 3.38. The number of H-pyrrole nitrogens is 1. The van der Waals surface area contributed by atoms with E-state index in [0.29, 0.717) is 33.3 Å². The molecule has 132 valence electrons. The highest BCUT2D eigenvalue weighted by Crippen LogP contribution is 2.39. The average molecular weight is 415 g/mol. The minimum atomic E-state index is -0.493. The van der Waals surface area contributed by atoms with E-state index in [2.05, 4.69) is 41.4 Å². The molecule has 1 aliphatic rings. The van der Waals surface area contributed by atoms with Crippen LogP contribution < -0.4 is 15.8 Å². The molecule has 0 atom stereocenters. The Morgan fingerprint density at radius 1 is 1.31 bits per heavy atom. The third kappa shape index (κ3) is 3.67. The van der Waals surface area contributed by atoms with Crippen LogP contribution in [0.25, 0.3) is 0 Å². The van der Waals surface area contributed by atoms with Gasteiger partial charge in [0.2, 0.25) is 5.91 Å². The molecule has 0 spiro atoms. The molecule has 0 saturated heterocycles. The van der Waals surface area contributed by atoms with E-state index in [1.54, 1.807) is 30.5 Å². The Morgan fingerprint density at radius 3 is 2.77 bits per heavy atom. The van der Waals surface area contributed by atoms with Crippen LogP contribution in [0, 0.1) is 0 Å². The van der Waals surface area contributed by atoms with E-state index >= 15 is 0 Å². The molecule has 0 unspecified atom stereocenters. The van der Waals surface area contributed by atoms with Crippen molar-refractivity contribution in [3.8, 4) is 11.8 Å². The molecule has 1 fully saturated rings. The van der Waals surface area contributed by atoms with Crippen molar-refractivity contribution in [3.63, 3.8) is 0 Å². The Balaban J connectivity index is 1.50. The number of carbonyl (C=O) groups is 1. The van der Waals surface area contributed by atoms with Gasteiger partial charge in [-0.2, -0.15) is 10.1 Å². The summed E-state index contributed by atoms with van der Waals surface area (Å²) in [7, 11) is 0. The van der Waals surface area contributed by atoms with Crippen molar-refractivity contribution in [2.24, 2.45) is 5.73 Å². The summed E-state index contributed by atoms with van der Waals surface area (Å²) in [5.41, 5.74) is 6.76. The smallest absolute Gasteiger partial charge is 0.323 e. The predicted molar refractivity (Wildman–Crippen MR) is 98.6 cm³/mol. The predicted octanol–water partition coefficient (Wildman–Crippen LogP) is 3.47. The normalized spacial score (nSPS) is 13.4. The number of hydrogen-bond acceptors (Lipinski definition) is 6. The second kappa shape index (κ2) is 6.75. The van der Waals surface area contributed by atoms with Crippen molar-refractivity contribution in [2.75, 3.05) is 5.32 Å². The SMILES string of the molecule is NC(=O)c1ccc(Oc2ncc(Br)c(Nc3cc(C4CC4)[nH]n3)n2)cc1. The Bertz CT molecular complexity index is 952. The molecule has 4 rings (SSSR count). The molecule has 9 heteroatoms. The van der Waals surface area contributed by atoms with Crippen molar-refractivity contribution in [3.05, 3.63) is 52.3 Å². The lowest BCUT2D eigenvalue weighted by Crippen LogP contribution is -2.10. The number of hydrogen-bond donors (Lipinski definition) is 3. The number of nitrogens with two attached hydrogens (primary N) is 1. The number of benzene rings is 1. The molecule has 1 amide bonds. The van der Waals surface area contributed by atoms with E-state index in [-0.39, 0.29) is 6.01 Å². The molecule has 1 saturated carbocycles. The summed E-state index contributed by atoms with van der Waals surface area (Å²) in [6, 6.07) is 8.58. The summed E-state index contributed by atoms with van der Waals surface area (Å²) in [4.78, 5) is 19.6. The van der Waals surface area contributed by atoms with E-state index in [0.717, 1.165) is 5.69 Å². The Hall–Kier alpha value is -2.94. The van der Waals surface area contributed by atoms with E-state index in [4.69, 9.17) is 10.5 Å². The van der Waals surface area contributed by atoms with Gasteiger partial charge < -0.3 is 15.8 Å². The fourth-order valence-electron chi connectivity index (χ4n) is 2.41.